The topological polar surface area (TPSA) is 144 Å². The molecule has 2 rings (SSSR count). The Balaban J connectivity index is 1.92. The largest absolute Gasteiger partial charge is 0.462 e. The van der Waals surface area contributed by atoms with Crippen molar-refractivity contribution >= 4 is 11.9 Å². The zero-order valence-electron chi connectivity index (χ0n) is 31.9. The summed E-state index contributed by atoms with van der Waals surface area (Å²) >= 11 is 0. The van der Waals surface area contributed by atoms with Crippen LogP contribution in [0, 0.1) is 11.8 Å². The molecule has 0 aromatic carbocycles. The van der Waals surface area contributed by atoms with Crippen molar-refractivity contribution in [1.82, 2.24) is 15.0 Å². The Hall–Kier alpha value is -3.60. The van der Waals surface area contributed by atoms with E-state index in [9.17, 15) is 24.9 Å². The average molecular weight is 710 g/mol. The van der Waals surface area contributed by atoms with E-state index in [1.54, 1.807) is 19.1 Å². The van der Waals surface area contributed by atoms with Gasteiger partial charge in [0.2, 0.25) is 0 Å². The number of aryl methyl sites for hydroxylation is 1. The molecule has 1 aliphatic rings. The Morgan fingerprint density at radius 1 is 1.06 bits per heavy atom. The lowest BCUT2D eigenvalue weighted by Gasteiger charge is -2.26. The Morgan fingerprint density at radius 3 is 2.53 bits per heavy atom. The second-order valence-electron chi connectivity index (χ2n) is 14.2. The highest BCUT2D eigenvalue weighted by Crippen LogP contribution is 2.23. The Morgan fingerprint density at radius 2 is 1.80 bits per heavy atom. The average Bonchev–Trinajstić information content (AvgIpc) is 3.50. The standard InChI is InChI=1S/C41H63N3O7/c1-8-9-10-18-35-28-44(43-42-35)27-33(6)39-19-12-11-17-32(5)38(20-14-21-40(48)51-39)50-41(49)23-22-31(4)24-29(2)15-13-16-30(3)25-36(46)37(47)26-34(7)45/h11-13,15-16,22-25,28,32-34,36-39,45-47H,8-10,14,17-21,26-27H2,1-7H3/b12-11-,16-13+,23-22+,29-15+,30-25+,31-24+/t32-,33-,34-,36-,37+,38-,39+/m0/s1. The number of allylic oxidation sites excluding steroid dienone is 9. The van der Waals surface area contributed by atoms with Gasteiger partial charge in [0, 0.05) is 44.0 Å². The number of rotatable bonds is 17. The third-order valence-corrected chi connectivity index (χ3v) is 8.90. The number of esters is 2. The summed E-state index contributed by atoms with van der Waals surface area (Å²) in [5.74, 6) is -0.522. The van der Waals surface area contributed by atoms with Crippen molar-refractivity contribution in [1.29, 1.82) is 0 Å². The summed E-state index contributed by atoms with van der Waals surface area (Å²) < 4.78 is 13.7. The van der Waals surface area contributed by atoms with Crippen LogP contribution >= 0.6 is 0 Å². The molecule has 7 atom stereocenters. The molecule has 0 fully saturated rings. The van der Waals surface area contributed by atoms with Crippen molar-refractivity contribution in [2.45, 2.75) is 150 Å². The Kier molecular flexibility index (Phi) is 20.3. The number of nitrogens with zero attached hydrogens (tertiary/aromatic N) is 3. The third-order valence-electron chi connectivity index (χ3n) is 8.90. The summed E-state index contributed by atoms with van der Waals surface area (Å²) in [5.41, 5.74) is 3.60. The van der Waals surface area contributed by atoms with Crippen molar-refractivity contribution in [3.05, 3.63) is 83.3 Å². The molecule has 0 saturated carbocycles. The van der Waals surface area contributed by atoms with Gasteiger partial charge in [0.25, 0.3) is 0 Å². The fourth-order valence-corrected chi connectivity index (χ4v) is 5.86. The van der Waals surface area contributed by atoms with E-state index in [0.717, 1.165) is 41.7 Å². The highest BCUT2D eigenvalue weighted by atomic mass is 16.5. The first-order chi connectivity index (χ1) is 24.3. The molecular weight excluding hydrogens is 646 g/mol. The second kappa shape index (κ2) is 23.8. The number of carbonyl (C=O) groups excluding carboxylic acids is 2. The van der Waals surface area contributed by atoms with Crippen LogP contribution in [-0.2, 0) is 32.0 Å². The molecule has 1 aromatic rings. The minimum Gasteiger partial charge on any atom is -0.462 e. The SMILES string of the molecule is CCCCCc1cn(C[C@H](C)[C@H]2C/C=C\C[C@H](C)[C@@H](OC(=O)/C=C/C(C)=C/C(C)=C/C=C/C(C)=C/[C@H](O)[C@H](O)C[C@H](C)O)CCCC(=O)O2)nn1. The van der Waals surface area contributed by atoms with Gasteiger partial charge >= 0.3 is 11.9 Å². The number of carbonyl (C=O) groups is 2. The first-order valence-corrected chi connectivity index (χ1v) is 18.6. The molecule has 0 amide bonds. The fraction of sp³-hybridized carbons (Fsp3) is 0.610. The van der Waals surface area contributed by atoms with E-state index in [-0.39, 0.29) is 42.9 Å². The molecule has 0 bridgehead atoms. The van der Waals surface area contributed by atoms with Crippen LogP contribution in [0.1, 0.15) is 112 Å². The van der Waals surface area contributed by atoms with Gasteiger partial charge in [-0.1, -0.05) is 104 Å². The lowest BCUT2D eigenvalue weighted by Crippen LogP contribution is -2.29. The molecule has 1 aromatic heterocycles. The van der Waals surface area contributed by atoms with Gasteiger partial charge in [-0.25, -0.2) is 4.79 Å². The zero-order valence-corrected chi connectivity index (χ0v) is 31.9. The van der Waals surface area contributed by atoms with Crippen molar-refractivity contribution < 1.29 is 34.4 Å². The van der Waals surface area contributed by atoms with Gasteiger partial charge in [-0.3, -0.25) is 9.48 Å². The predicted molar refractivity (Wildman–Crippen MR) is 201 cm³/mol. The molecule has 1 aliphatic heterocycles. The molecule has 0 saturated heterocycles. The molecule has 0 radical (unpaired) electrons. The minimum atomic E-state index is -1.06. The normalized spacial score (nSPS) is 23.3. The van der Waals surface area contributed by atoms with Gasteiger partial charge in [-0.05, 0) is 65.7 Å². The second-order valence-corrected chi connectivity index (χ2v) is 14.2. The summed E-state index contributed by atoms with van der Waals surface area (Å²) in [6.45, 7) is 14.2. The van der Waals surface area contributed by atoms with Crippen molar-refractivity contribution in [2.24, 2.45) is 11.8 Å². The molecule has 3 N–H and O–H groups in total. The van der Waals surface area contributed by atoms with Crippen LogP contribution in [-0.4, -0.2) is 72.8 Å². The molecule has 10 heteroatoms. The molecule has 0 spiro atoms. The van der Waals surface area contributed by atoms with Crippen LogP contribution in [0.3, 0.4) is 0 Å². The summed E-state index contributed by atoms with van der Waals surface area (Å²) in [4.78, 5) is 25.7. The number of hydrogen-bond donors (Lipinski definition) is 3. The van der Waals surface area contributed by atoms with Gasteiger partial charge < -0.3 is 24.8 Å². The number of aliphatic hydroxyl groups excluding tert-OH is 3. The lowest BCUT2D eigenvalue weighted by molar-refractivity contribution is -0.152. The van der Waals surface area contributed by atoms with E-state index in [0.29, 0.717) is 25.8 Å². The van der Waals surface area contributed by atoms with E-state index in [4.69, 9.17) is 9.47 Å². The maximum Gasteiger partial charge on any atom is 0.331 e. The van der Waals surface area contributed by atoms with Gasteiger partial charge in [0.05, 0.1) is 24.0 Å². The summed E-state index contributed by atoms with van der Waals surface area (Å²) in [7, 11) is 0. The summed E-state index contributed by atoms with van der Waals surface area (Å²) in [5, 5.41) is 38.0. The van der Waals surface area contributed by atoms with Crippen molar-refractivity contribution in [3.8, 4) is 0 Å². The predicted octanol–water partition coefficient (Wildman–Crippen LogP) is 7.07. The van der Waals surface area contributed by atoms with Gasteiger partial charge in [0.1, 0.15) is 12.2 Å². The third kappa shape index (κ3) is 18.5. The highest BCUT2D eigenvalue weighted by molar-refractivity contribution is 5.82. The van der Waals surface area contributed by atoms with Crippen molar-refractivity contribution in [3.63, 3.8) is 0 Å². The smallest absolute Gasteiger partial charge is 0.331 e. The number of aromatic nitrogens is 3. The van der Waals surface area contributed by atoms with Gasteiger partial charge in [-0.2, -0.15) is 0 Å². The van der Waals surface area contributed by atoms with Crippen LogP contribution < -0.4 is 0 Å². The van der Waals surface area contributed by atoms with Crippen LogP contribution in [0.4, 0.5) is 0 Å². The molecular formula is C41H63N3O7. The minimum absolute atomic E-state index is 0.0624. The number of unbranched alkanes of at least 4 members (excludes halogenated alkanes) is 2. The van der Waals surface area contributed by atoms with Crippen molar-refractivity contribution in [2.75, 3.05) is 0 Å². The Bertz CT molecular complexity index is 1390. The summed E-state index contributed by atoms with van der Waals surface area (Å²) in [6.07, 6.45) is 22.2. The molecule has 51 heavy (non-hydrogen) atoms. The first kappa shape index (κ1) is 43.6. The maximum atomic E-state index is 12.8. The van der Waals surface area contributed by atoms with Crippen LogP contribution in [0.2, 0.25) is 0 Å². The van der Waals surface area contributed by atoms with Crippen LogP contribution in [0.15, 0.2) is 77.6 Å². The van der Waals surface area contributed by atoms with Gasteiger partial charge in [-0.15, -0.1) is 5.10 Å². The number of hydrogen-bond acceptors (Lipinski definition) is 9. The molecule has 0 unspecified atom stereocenters. The van der Waals surface area contributed by atoms with E-state index >= 15 is 0 Å². The molecule has 284 valence electrons. The lowest BCUT2D eigenvalue weighted by atomic mass is 9.94. The Labute approximate surface area is 305 Å². The van der Waals surface area contributed by atoms with E-state index in [2.05, 4.69) is 43.2 Å². The number of cyclic esters (lactones) is 1. The van der Waals surface area contributed by atoms with E-state index in [1.807, 2.05) is 56.0 Å². The van der Waals surface area contributed by atoms with Gasteiger partial charge in [0.15, 0.2) is 0 Å². The highest BCUT2D eigenvalue weighted by Gasteiger charge is 2.25. The number of aliphatic hydroxyl groups is 3. The molecule has 2 heterocycles. The fourth-order valence-electron chi connectivity index (χ4n) is 5.86. The zero-order chi connectivity index (χ0) is 37.8. The van der Waals surface area contributed by atoms with E-state index < -0.39 is 24.3 Å². The van der Waals surface area contributed by atoms with Crippen LogP contribution in [0.25, 0.3) is 0 Å². The molecule has 0 aliphatic carbocycles. The monoisotopic (exact) mass is 709 g/mol. The number of ether oxygens (including phenoxy) is 2. The first-order valence-electron chi connectivity index (χ1n) is 18.6. The molecule has 10 nitrogen and oxygen atoms in total. The maximum absolute atomic E-state index is 12.8. The van der Waals surface area contributed by atoms with E-state index in [1.165, 1.54) is 18.9 Å². The quantitative estimate of drug-likeness (QED) is 0.0509. The van der Waals surface area contributed by atoms with Crippen LogP contribution in [0.5, 0.6) is 0 Å². The summed E-state index contributed by atoms with van der Waals surface area (Å²) in [6, 6.07) is 0.